The molecule has 1 aliphatic rings. The van der Waals surface area contributed by atoms with E-state index < -0.39 is 18.1 Å². The molecule has 1 aromatic heterocycles. The molecular weight excluding hydrogens is 380 g/mol. The van der Waals surface area contributed by atoms with E-state index in [1.165, 1.54) is 0 Å². The highest BCUT2D eigenvalue weighted by Crippen LogP contribution is 2.42. The first-order chi connectivity index (χ1) is 14.5. The van der Waals surface area contributed by atoms with E-state index in [-0.39, 0.29) is 18.3 Å². The van der Waals surface area contributed by atoms with Crippen molar-refractivity contribution in [2.45, 2.75) is 45.2 Å². The summed E-state index contributed by atoms with van der Waals surface area (Å²) in [5.74, 6) is -0.387. The van der Waals surface area contributed by atoms with Gasteiger partial charge in [-0.25, -0.2) is 4.79 Å². The van der Waals surface area contributed by atoms with Crippen molar-refractivity contribution in [3.05, 3.63) is 65.4 Å². The third-order valence-corrected chi connectivity index (χ3v) is 5.63. The summed E-state index contributed by atoms with van der Waals surface area (Å²) in [6.45, 7) is 3.96. The molecule has 6 nitrogen and oxygen atoms in total. The predicted octanol–water partition coefficient (Wildman–Crippen LogP) is 4.08. The van der Waals surface area contributed by atoms with Gasteiger partial charge in [-0.05, 0) is 42.7 Å². The van der Waals surface area contributed by atoms with Gasteiger partial charge in [-0.3, -0.25) is 4.79 Å². The van der Waals surface area contributed by atoms with Crippen molar-refractivity contribution in [2.75, 3.05) is 6.61 Å². The van der Waals surface area contributed by atoms with E-state index in [0.29, 0.717) is 19.3 Å². The second kappa shape index (κ2) is 8.22. The van der Waals surface area contributed by atoms with Crippen LogP contribution in [-0.2, 0) is 20.7 Å². The Morgan fingerprint density at radius 1 is 1.17 bits per heavy atom. The lowest BCUT2D eigenvalue weighted by Gasteiger charge is -2.41. The van der Waals surface area contributed by atoms with Crippen molar-refractivity contribution in [1.82, 2.24) is 9.88 Å². The van der Waals surface area contributed by atoms with Crippen molar-refractivity contribution in [2.24, 2.45) is 0 Å². The zero-order chi connectivity index (χ0) is 21.3. The van der Waals surface area contributed by atoms with Crippen LogP contribution in [0.5, 0.6) is 5.75 Å². The minimum Gasteiger partial charge on any atom is -0.508 e. The first kappa shape index (κ1) is 20.0. The minimum atomic E-state index is -0.719. The van der Waals surface area contributed by atoms with Crippen molar-refractivity contribution >= 4 is 22.8 Å². The van der Waals surface area contributed by atoms with E-state index in [9.17, 15) is 14.7 Å². The number of hydrogen-bond acceptors (Lipinski definition) is 4. The molecule has 6 heteroatoms. The number of nitrogens with zero attached hydrogens (tertiary/aromatic N) is 1. The normalized spacial score (nSPS) is 18.3. The Hall–Kier alpha value is -3.28. The van der Waals surface area contributed by atoms with Crippen LogP contribution in [-0.4, -0.2) is 39.5 Å². The molecule has 1 aliphatic heterocycles. The number of carbonyl (C=O) groups is 2. The molecule has 0 spiro atoms. The number of H-pyrrole nitrogens is 1. The summed E-state index contributed by atoms with van der Waals surface area (Å²) in [5.41, 5.74) is 3.60. The fourth-order valence-corrected chi connectivity index (χ4v) is 4.40. The number of aromatic amines is 1. The molecule has 2 heterocycles. The molecule has 0 radical (unpaired) electrons. The van der Waals surface area contributed by atoms with E-state index in [4.69, 9.17) is 4.74 Å². The smallest absolute Gasteiger partial charge is 0.329 e. The average molecular weight is 406 g/mol. The van der Waals surface area contributed by atoms with E-state index in [0.717, 1.165) is 27.7 Å². The summed E-state index contributed by atoms with van der Waals surface area (Å²) in [6.07, 6.45) is 1.40. The summed E-state index contributed by atoms with van der Waals surface area (Å²) in [5, 5.41) is 11.2. The molecule has 0 fully saturated rings. The molecule has 2 unspecified atom stereocenters. The molecule has 0 bridgehead atoms. The zero-order valence-electron chi connectivity index (χ0n) is 17.2. The van der Waals surface area contributed by atoms with Gasteiger partial charge in [0.1, 0.15) is 11.8 Å². The van der Waals surface area contributed by atoms with E-state index in [1.54, 1.807) is 30.0 Å². The first-order valence-corrected chi connectivity index (χ1v) is 10.4. The van der Waals surface area contributed by atoms with Crippen LogP contribution < -0.4 is 0 Å². The Labute approximate surface area is 175 Å². The standard InChI is InChI=1S/C24H26N2O4/c1-3-8-21(28)26-20(24(29)30-4-2)14-18-17-11-5-6-12-19(17)25-22(18)23(26)15-9-7-10-16(27)13-15/h5-7,9-13,20,23,25,27H,3-4,8,14H2,1-2H3. The summed E-state index contributed by atoms with van der Waals surface area (Å²) in [4.78, 5) is 31.3. The van der Waals surface area contributed by atoms with Crippen molar-refractivity contribution in [1.29, 1.82) is 0 Å². The van der Waals surface area contributed by atoms with Crippen LogP contribution in [0, 0.1) is 0 Å². The fourth-order valence-electron chi connectivity index (χ4n) is 4.40. The van der Waals surface area contributed by atoms with Crippen LogP contribution >= 0.6 is 0 Å². The van der Waals surface area contributed by atoms with E-state index in [2.05, 4.69) is 4.98 Å². The van der Waals surface area contributed by atoms with Crippen molar-refractivity contribution in [3.63, 3.8) is 0 Å². The maximum Gasteiger partial charge on any atom is 0.329 e. The molecule has 2 aromatic carbocycles. The molecule has 30 heavy (non-hydrogen) atoms. The van der Waals surface area contributed by atoms with Gasteiger partial charge in [-0.15, -0.1) is 0 Å². The predicted molar refractivity (Wildman–Crippen MR) is 114 cm³/mol. The molecule has 156 valence electrons. The highest BCUT2D eigenvalue weighted by atomic mass is 16.5. The largest absolute Gasteiger partial charge is 0.508 e. The quantitative estimate of drug-likeness (QED) is 0.626. The lowest BCUT2D eigenvalue weighted by Crippen LogP contribution is -2.52. The van der Waals surface area contributed by atoms with Crippen molar-refractivity contribution < 1.29 is 19.4 Å². The maximum absolute atomic E-state index is 13.3. The number of hydrogen-bond donors (Lipinski definition) is 2. The molecule has 0 saturated heterocycles. The average Bonchev–Trinajstić information content (AvgIpc) is 3.11. The number of nitrogens with one attached hydrogen (secondary N) is 1. The summed E-state index contributed by atoms with van der Waals surface area (Å²) < 4.78 is 5.36. The van der Waals surface area contributed by atoms with Gasteiger partial charge in [0.25, 0.3) is 0 Å². The number of phenols is 1. The number of rotatable bonds is 5. The fraction of sp³-hybridized carbons (Fsp3) is 0.333. The molecule has 1 amide bonds. The Kier molecular flexibility index (Phi) is 5.48. The third-order valence-electron chi connectivity index (χ3n) is 5.63. The number of aromatic hydroxyl groups is 1. The van der Waals surface area contributed by atoms with E-state index in [1.807, 2.05) is 37.3 Å². The van der Waals surface area contributed by atoms with Crippen LogP contribution in [0.25, 0.3) is 10.9 Å². The minimum absolute atomic E-state index is 0.104. The number of para-hydroxylation sites is 1. The Morgan fingerprint density at radius 3 is 2.70 bits per heavy atom. The second-order valence-electron chi connectivity index (χ2n) is 7.58. The molecular formula is C24H26N2O4. The van der Waals surface area contributed by atoms with Gasteiger partial charge >= 0.3 is 5.97 Å². The summed E-state index contributed by atoms with van der Waals surface area (Å²) in [7, 11) is 0. The zero-order valence-corrected chi connectivity index (χ0v) is 17.2. The SMILES string of the molecule is CCCC(=O)N1C(C(=O)OCC)Cc2c([nH]c3ccccc23)C1c1cccc(O)c1. The highest BCUT2D eigenvalue weighted by Gasteiger charge is 2.43. The van der Waals surface area contributed by atoms with Crippen molar-refractivity contribution in [3.8, 4) is 5.75 Å². The molecule has 2 atom stereocenters. The van der Waals surface area contributed by atoms with Gasteiger partial charge in [-0.2, -0.15) is 0 Å². The second-order valence-corrected chi connectivity index (χ2v) is 7.58. The van der Waals surface area contributed by atoms with Crippen LogP contribution in [0.15, 0.2) is 48.5 Å². The molecule has 0 aliphatic carbocycles. The van der Waals surface area contributed by atoms with Gasteiger partial charge in [0, 0.05) is 29.4 Å². The van der Waals surface area contributed by atoms with Crippen LogP contribution in [0.1, 0.15) is 49.6 Å². The molecule has 3 aromatic rings. The number of esters is 1. The van der Waals surface area contributed by atoms with Gasteiger partial charge in [-0.1, -0.05) is 37.3 Å². The lowest BCUT2D eigenvalue weighted by molar-refractivity contribution is -0.157. The van der Waals surface area contributed by atoms with Crippen LogP contribution in [0.3, 0.4) is 0 Å². The number of aromatic nitrogens is 1. The maximum atomic E-state index is 13.3. The van der Waals surface area contributed by atoms with Gasteiger partial charge in [0.05, 0.1) is 12.6 Å². The molecule has 2 N–H and O–H groups in total. The monoisotopic (exact) mass is 406 g/mol. The van der Waals surface area contributed by atoms with Crippen LogP contribution in [0.2, 0.25) is 0 Å². The highest BCUT2D eigenvalue weighted by molar-refractivity contribution is 5.91. The number of phenolic OH excluding ortho intramolecular Hbond substituents is 1. The van der Waals surface area contributed by atoms with Crippen LogP contribution in [0.4, 0.5) is 0 Å². The van der Waals surface area contributed by atoms with E-state index >= 15 is 0 Å². The summed E-state index contributed by atoms with van der Waals surface area (Å²) in [6, 6.07) is 13.6. The first-order valence-electron chi connectivity index (χ1n) is 10.4. The number of benzene rings is 2. The number of fused-ring (bicyclic) bond motifs is 3. The Bertz CT molecular complexity index is 1090. The number of ether oxygens (including phenoxy) is 1. The molecule has 0 saturated carbocycles. The third kappa shape index (κ3) is 3.43. The molecule has 4 rings (SSSR count). The Morgan fingerprint density at radius 2 is 1.97 bits per heavy atom. The lowest BCUT2D eigenvalue weighted by atomic mass is 9.87. The number of amides is 1. The van der Waals surface area contributed by atoms with Gasteiger partial charge in [0.2, 0.25) is 5.91 Å². The summed E-state index contributed by atoms with van der Waals surface area (Å²) >= 11 is 0. The van der Waals surface area contributed by atoms with Gasteiger partial charge < -0.3 is 19.7 Å². The topological polar surface area (TPSA) is 82.6 Å². The Balaban J connectivity index is 1.95. The number of carbonyl (C=O) groups excluding carboxylic acids is 2. The van der Waals surface area contributed by atoms with Gasteiger partial charge in [0.15, 0.2) is 0 Å².